The van der Waals surface area contributed by atoms with E-state index >= 15 is 0 Å². The summed E-state index contributed by atoms with van der Waals surface area (Å²) in [4.78, 5) is 0. The average molecular weight is 348 g/mol. The Labute approximate surface area is 130 Å². The SMILES string of the molecule is Cc1ccc(-c2c(-c3csc(Br)c3)nn(C)c2N)cc1. The number of aryl methyl sites for hydroxylation is 2. The molecule has 5 heteroatoms. The number of nitrogen functional groups attached to an aromatic ring is 1. The highest BCUT2D eigenvalue weighted by molar-refractivity contribution is 9.11. The number of nitrogens with zero attached hydrogens (tertiary/aromatic N) is 2. The number of halogens is 1. The third kappa shape index (κ3) is 2.27. The lowest BCUT2D eigenvalue weighted by atomic mass is 10.0. The molecule has 0 radical (unpaired) electrons. The first-order valence-electron chi connectivity index (χ1n) is 6.20. The lowest BCUT2D eigenvalue weighted by molar-refractivity contribution is 0.782. The largest absolute Gasteiger partial charge is 0.383 e. The van der Waals surface area contributed by atoms with E-state index in [1.165, 1.54) is 5.56 Å². The maximum atomic E-state index is 6.21. The van der Waals surface area contributed by atoms with Gasteiger partial charge in [0, 0.05) is 18.0 Å². The monoisotopic (exact) mass is 347 g/mol. The van der Waals surface area contributed by atoms with Gasteiger partial charge in [-0.3, -0.25) is 4.68 Å². The smallest absolute Gasteiger partial charge is 0.129 e. The zero-order valence-electron chi connectivity index (χ0n) is 11.2. The summed E-state index contributed by atoms with van der Waals surface area (Å²) in [7, 11) is 1.87. The maximum absolute atomic E-state index is 6.21. The zero-order chi connectivity index (χ0) is 14.3. The highest BCUT2D eigenvalue weighted by Gasteiger charge is 2.18. The Balaban J connectivity index is 2.21. The topological polar surface area (TPSA) is 43.8 Å². The summed E-state index contributed by atoms with van der Waals surface area (Å²) in [6.45, 7) is 2.08. The third-order valence-electron chi connectivity index (χ3n) is 3.27. The number of aromatic nitrogens is 2. The number of hydrogen-bond acceptors (Lipinski definition) is 3. The van der Waals surface area contributed by atoms with Gasteiger partial charge in [-0.2, -0.15) is 5.10 Å². The van der Waals surface area contributed by atoms with Gasteiger partial charge in [-0.15, -0.1) is 11.3 Å². The van der Waals surface area contributed by atoms with Crippen molar-refractivity contribution in [3.63, 3.8) is 0 Å². The first-order valence-corrected chi connectivity index (χ1v) is 7.87. The number of thiophene rings is 1. The van der Waals surface area contributed by atoms with Crippen molar-refractivity contribution in [2.75, 3.05) is 5.73 Å². The number of anilines is 1. The van der Waals surface area contributed by atoms with Crippen molar-refractivity contribution in [3.05, 3.63) is 45.1 Å². The highest BCUT2D eigenvalue weighted by Crippen LogP contribution is 2.38. The lowest BCUT2D eigenvalue weighted by Crippen LogP contribution is -1.97. The summed E-state index contributed by atoms with van der Waals surface area (Å²) in [5.41, 5.74) is 11.6. The van der Waals surface area contributed by atoms with E-state index in [0.717, 1.165) is 26.2 Å². The van der Waals surface area contributed by atoms with Crippen molar-refractivity contribution >= 4 is 33.1 Å². The molecule has 0 saturated heterocycles. The summed E-state index contributed by atoms with van der Waals surface area (Å²) in [5, 5.41) is 6.66. The fraction of sp³-hybridized carbons (Fsp3) is 0.133. The van der Waals surface area contributed by atoms with Gasteiger partial charge in [0.1, 0.15) is 11.5 Å². The van der Waals surface area contributed by atoms with Crippen LogP contribution >= 0.6 is 27.3 Å². The second-order valence-corrected chi connectivity index (χ2v) is 7.03. The molecular formula is C15H14BrN3S. The molecule has 0 aliphatic rings. The quantitative estimate of drug-likeness (QED) is 0.743. The zero-order valence-corrected chi connectivity index (χ0v) is 13.6. The van der Waals surface area contributed by atoms with Crippen LogP contribution in [0.5, 0.6) is 0 Å². The van der Waals surface area contributed by atoms with Crippen LogP contribution in [0.25, 0.3) is 22.4 Å². The van der Waals surface area contributed by atoms with Gasteiger partial charge >= 0.3 is 0 Å². The first kappa shape index (κ1) is 13.4. The molecule has 3 aromatic rings. The molecule has 0 saturated carbocycles. The maximum Gasteiger partial charge on any atom is 0.129 e. The van der Waals surface area contributed by atoms with E-state index in [1.807, 2.05) is 7.05 Å². The Morgan fingerprint density at radius 2 is 1.90 bits per heavy atom. The lowest BCUT2D eigenvalue weighted by Gasteiger charge is -2.04. The van der Waals surface area contributed by atoms with E-state index < -0.39 is 0 Å². The minimum atomic E-state index is 0.686. The van der Waals surface area contributed by atoms with Crippen molar-refractivity contribution in [1.29, 1.82) is 0 Å². The van der Waals surface area contributed by atoms with Crippen molar-refractivity contribution < 1.29 is 0 Å². The van der Waals surface area contributed by atoms with Crippen molar-refractivity contribution in [1.82, 2.24) is 9.78 Å². The molecule has 20 heavy (non-hydrogen) atoms. The van der Waals surface area contributed by atoms with Crippen LogP contribution < -0.4 is 5.73 Å². The van der Waals surface area contributed by atoms with Crippen LogP contribution in [0.15, 0.2) is 39.5 Å². The van der Waals surface area contributed by atoms with Gasteiger partial charge in [0.15, 0.2) is 0 Å². The van der Waals surface area contributed by atoms with E-state index in [9.17, 15) is 0 Å². The summed E-state index contributed by atoms with van der Waals surface area (Å²) in [5.74, 6) is 0.686. The Morgan fingerprint density at radius 3 is 2.50 bits per heavy atom. The molecule has 3 rings (SSSR count). The van der Waals surface area contributed by atoms with Gasteiger partial charge in [-0.05, 0) is 34.5 Å². The molecule has 2 N–H and O–H groups in total. The van der Waals surface area contributed by atoms with E-state index in [1.54, 1.807) is 16.0 Å². The molecule has 1 aromatic carbocycles. The molecule has 3 nitrogen and oxygen atoms in total. The second-order valence-electron chi connectivity index (χ2n) is 4.74. The summed E-state index contributed by atoms with van der Waals surface area (Å²) < 4.78 is 2.82. The van der Waals surface area contributed by atoms with Gasteiger partial charge in [-0.1, -0.05) is 29.8 Å². The molecule has 0 atom stereocenters. The number of nitrogens with two attached hydrogens (primary N) is 1. The molecule has 0 aliphatic heterocycles. The van der Waals surface area contributed by atoms with Crippen molar-refractivity contribution in [2.45, 2.75) is 6.92 Å². The van der Waals surface area contributed by atoms with Crippen LogP contribution in [0, 0.1) is 6.92 Å². The second kappa shape index (κ2) is 5.07. The Hall–Kier alpha value is -1.59. The Morgan fingerprint density at radius 1 is 1.20 bits per heavy atom. The van der Waals surface area contributed by atoms with E-state index in [2.05, 4.69) is 63.7 Å². The van der Waals surface area contributed by atoms with Gasteiger partial charge in [0.2, 0.25) is 0 Å². The van der Waals surface area contributed by atoms with Gasteiger partial charge in [0.25, 0.3) is 0 Å². The van der Waals surface area contributed by atoms with Crippen LogP contribution in [-0.4, -0.2) is 9.78 Å². The Kier molecular flexibility index (Phi) is 3.40. The van der Waals surface area contributed by atoms with Crippen LogP contribution in [0.3, 0.4) is 0 Å². The molecule has 102 valence electrons. The minimum Gasteiger partial charge on any atom is -0.383 e. The number of hydrogen-bond donors (Lipinski definition) is 1. The molecule has 0 unspecified atom stereocenters. The van der Waals surface area contributed by atoms with E-state index in [0.29, 0.717) is 5.82 Å². The van der Waals surface area contributed by atoms with Gasteiger partial charge in [0.05, 0.1) is 9.35 Å². The van der Waals surface area contributed by atoms with E-state index in [-0.39, 0.29) is 0 Å². The average Bonchev–Trinajstić information content (AvgIpc) is 2.97. The number of benzene rings is 1. The fourth-order valence-electron chi connectivity index (χ4n) is 2.18. The molecule has 2 heterocycles. The van der Waals surface area contributed by atoms with Crippen LogP contribution in [0.1, 0.15) is 5.56 Å². The summed E-state index contributed by atoms with van der Waals surface area (Å²) in [6, 6.07) is 10.4. The third-order valence-corrected chi connectivity index (χ3v) is 4.78. The fourth-order valence-corrected chi connectivity index (χ4v) is 3.32. The predicted molar refractivity (Wildman–Crippen MR) is 88.8 cm³/mol. The van der Waals surface area contributed by atoms with Crippen LogP contribution in [0.2, 0.25) is 0 Å². The van der Waals surface area contributed by atoms with Crippen LogP contribution in [0.4, 0.5) is 5.82 Å². The van der Waals surface area contributed by atoms with Gasteiger partial charge < -0.3 is 5.73 Å². The normalized spacial score (nSPS) is 10.9. The standard InChI is InChI=1S/C15H14BrN3S/c1-9-3-5-10(6-4-9)13-14(18-19(2)15(13)17)11-7-12(16)20-8-11/h3-8H,17H2,1-2H3. The highest BCUT2D eigenvalue weighted by atomic mass is 79.9. The van der Waals surface area contributed by atoms with Crippen molar-refractivity contribution in [2.24, 2.45) is 7.05 Å². The van der Waals surface area contributed by atoms with Crippen molar-refractivity contribution in [3.8, 4) is 22.4 Å². The molecule has 0 aliphatic carbocycles. The molecule has 2 aromatic heterocycles. The molecule has 0 fully saturated rings. The molecule has 0 amide bonds. The molecule has 0 bridgehead atoms. The predicted octanol–water partition coefficient (Wildman–Crippen LogP) is 4.47. The summed E-state index contributed by atoms with van der Waals surface area (Å²) in [6.07, 6.45) is 0. The van der Waals surface area contributed by atoms with Gasteiger partial charge in [-0.25, -0.2) is 0 Å². The minimum absolute atomic E-state index is 0.686. The van der Waals surface area contributed by atoms with E-state index in [4.69, 9.17) is 5.73 Å². The number of rotatable bonds is 2. The first-order chi connectivity index (χ1) is 9.56. The van der Waals surface area contributed by atoms with Crippen LogP contribution in [-0.2, 0) is 7.05 Å². The molecule has 0 spiro atoms. The molecular weight excluding hydrogens is 334 g/mol. The summed E-state index contributed by atoms with van der Waals surface area (Å²) >= 11 is 5.15. The Bertz CT molecular complexity index is 756.